The minimum Gasteiger partial charge on any atom is -0.494 e. The standard InChI is InChI=1S/C17H26BrNO/c1-3-20-17-9-6-15(18)12-14(17)5-4-13(2)10-11-19-16-7-8-16/h6,9,12-13,16,19H,3-5,7-8,10-11H2,1-2H3. The third-order valence-electron chi connectivity index (χ3n) is 3.88. The number of aryl methyl sites for hydroxylation is 1. The maximum Gasteiger partial charge on any atom is 0.122 e. The second kappa shape index (κ2) is 8.04. The molecule has 0 aromatic heterocycles. The molecule has 0 amide bonds. The molecule has 0 spiro atoms. The van der Waals surface area contributed by atoms with Crippen molar-refractivity contribution < 1.29 is 4.74 Å². The number of halogens is 1. The Bertz CT molecular complexity index is 417. The van der Waals surface area contributed by atoms with Gasteiger partial charge in [0.1, 0.15) is 5.75 Å². The lowest BCUT2D eigenvalue weighted by Crippen LogP contribution is -2.19. The number of ether oxygens (including phenoxy) is 1. The predicted molar refractivity (Wildman–Crippen MR) is 88.4 cm³/mol. The highest BCUT2D eigenvalue weighted by atomic mass is 79.9. The van der Waals surface area contributed by atoms with Crippen LogP contribution in [0.2, 0.25) is 0 Å². The smallest absolute Gasteiger partial charge is 0.122 e. The van der Waals surface area contributed by atoms with Crippen LogP contribution in [-0.4, -0.2) is 19.2 Å². The van der Waals surface area contributed by atoms with Gasteiger partial charge in [0, 0.05) is 10.5 Å². The van der Waals surface area contributed by atoms with E-state index < -0.39 is 0 Å². The lowest BCUT2D eigenvalue weighted by Gasteiger charge is -2.14. The summed E-state index contributed by atoms with van der Waals surface area (Å²) in [6.07, 6.45) is 6.35. The molecule has 1 aromatic carbocycles. The van der Waals surface area contributed by atoms with Crippen LogP contribution in [0.1, 0.15) is 45.1 Å². The molecule has 1 N–H and O–H groups in total. The number of rotatable bonds is 9. The highest BCUT2D eigenvalue weighted by molar-refractivity contribution is 9.10. The number of hydrogen-bond donors (Lipinski definition) is 1. The van der Waals surface area contributed by atoms with E-state index >= 15 is 0 Å². The third kappa shape index (κ3) is 5.45. The number of benzene rings is 1. The van der Waals surface area contributed by atoms with Crippen LogP contribution < -0.4 is 10.1 Å². The molecule has 1 atom stereocenters. The van der Waals surface area contributed by atoms with Crippen molar-refractivity contribution in [3.05, 3.63) is 28.2 Å². The third-order valence-corrected chi connectivity index (χ3v) is 4.37. The Balaban J connectivity index is 1.77. The molecular weight excluding hydrogens is 314 g/mol. The zero-order chi connectivity index (χ0) is 14.4. The molecule has 1 unspecified atom stereocenters. The van der Waals surface area contributed by atoms with Crippen LogP contribution in [-0.2, 0) is 6.42 Å². The van der Waals surface area contributed by atoms with E-state index in [0.29, 0.717) is 0 Å². The van der Waals surface area contributed by atoms with Gasteiger partial charge >= 0.3 is 0 Å². The molecule has 1 fully saturated rings. The average molecular weight is 340 g/mol. The van der Waals surface area contributed by atoms with E-state index in [1.165, 1.54) is 37.8 Å². The van der Waals surface area contributed by atoms with Gasteiger partial charge < -0.3 is 10.1 Å². The molecule has 20 heavy (non-hydrogen) atoms. The molecule has 0 bridgehead atoms. The van der Waals surface area contributed by atoms with Gasteiger partial charge in [-0.2, -0.15) is 0 Å². The van der Waals surface area contributed by atoms with E-state index in [4.69, 9.17) is 4.74 Å². The molecule has 1 saturated carbocycles. The van der Waals surface area contributed by atoms with Gasteiger partial charge in [-0.25, -0.2) is 0 Å². The highest BCUT2D eigenvalue weighted by Gasteiger charge is 2.19. The molecule has 2 nitrogen and oxygen atoms in total. The molecule has 1 aliphatic carbocycles. The quantitative estimate of drug-likeness (QED) is 0.712. The van der Waals surface area contributed by atoms with Crippen molar-refractivity contribution in [2.75, 3.05) is 13.2 Å². The lowest BCUT2D eigenvalue weighted by molar-refractivity contribution is 0.335. The van der Waals surface area contributed by atoms with E-state index in [0.717, 1.165) is 35.2 Å². The Kier molecular flexibility index (Phi) is 6.37. The normalized spacial score (nSPS) is 16.1. The van der Waals surface area contributed by atoms with E-state index in [-0.39, 0.29) is 0 Å². The van der Waals surface area contributed by atoms with Crippen LogP contribution in [0.25, 0.3) is 0 Å². The van der Waals surface area contributed by atoms with Crippen molar-refractivity contribution in [1.29, 1.82) is 0 Å². The van der Waals surface area contributed by atoms with Gasteiger partial charge in [-0.3, -0.25) is 0 Å². The van der Waals surface area contributed by atoms with Crippen molar-refractivity contribution in [3.63, 3.8) is 0 Å². The summed E-state index contributed by atoms with van der Waals surface area (Å²) in [5.74, 6) is 1.80. The first kappa shape index (κ1) is 15.8. The SMILES string of the molecule is CCOc1ccc(Br)cc1CCC(C)CCNC1CC1. The summed E-state index contributed by atoms with van der Waals surface area (Å²) < 4.78 is 6.85. The molecule has 3 heteroatoms. The molecule has 0 aliphatic heterocycles. The maximum atomic E-state index is 5.71. The molecule has 112 valence electrons. The Morgan fingerprint density at radius 3 is 2.85 bits per heavy atom. The minimum atomic E-state index is 0.732. The van der Waals surface area contributed by atoms with Crippen LogP contribution >= 0.6 is 15.9 Å². The van der Waals surface area contributed by atoms with E-state index in [1.54, 1.807) is 0 Å². The van der Waals surface area contributed by atoms with Crippen LogP contribution in [0.5, 0.6) is 5.75 Å². The van der Waals surface area contributed by atoms with Crippen LogP contribution in [0, 0.1) is 5.92 Å². The summed E-state index contributed by atoms with van der Waals surface area (Å²) in [4.78, 5) is 0. The molecule has 1 aromatic rings. The first-order valence-electron chi connectivity index (χ1n) is 7.83. The van der Waals surface area contributed by atoms with E-state index in [1.807, 2.05) is 6.92 Å². The fourth-order valence-corrected chi connectivity index (χ4v) is 2.82. The Morgan fingerprint density at radius 2 is 2.15 bits per heavy atom. The van der Waals surface area contributed by atoms with Gasteiger partial charge in [-0.1, -0.05) is 22.9 Å². The summed E-state index contributed by atoms with van der Waals surface area (Å²) >= 11 is 3.55. The van der Waals surface area contributed by atoms with Crippen molar-refractivity contribution in [1.82, 2.24) is 5.32 Å². The second-order valence-corrected chi connectivity index (χ2v) is 6.76. The summed E-state index contributed by atoms with van der Waals surface area (Å²) in [5.41, 5.74) is 1.32. The zero-order valence-electron chi connectivity index (χ0n) is 12.6. The minimum absolute atomic E-state index is 0.732. The Labute approximate surface area is 131 Å². The molecule has 0 heterocycles. The van der Waals surface area contributed by atoms with Crippen molar-refractivity contribution in [2.24, 2.45) is 5.92 Å². The predicted octanol–water partition coefficient (Wildman–Crippen LogP) is 4.56. The van der Waals surface area contributed by atoms with Crippen molar-refractivity contribution in [2.45, 2.75) is 52.0 Å². The fourth-order valence-electron chi connectivity index (χ4n) is 2.41. The van der Waals surface area contributed by atoms with Gasteiger partial charge in [0.05, 0.1) is 6.61 Å². The first-order chi connectivity index (χ1) is 9.69. The molecule has 1 aliphatic rings. The van der Waals surface area contributed by atoms with Crippen LogP contribution in [0.3, 0.4) is 0 Å². The van der Waals surface area contributed by atoms with Crippen molar-refractivity contribution >= 4 is 15.9 Å². The van der Waals surface area contributed by atoms with Crippen molar-refractivity contribution in [3.8, 4) is 5.75 Å². The van der Waals surface area contributed by atoms with Gasteiger partial charge in [0.15, 0.2) is 0 Å². The van der Waals surface area contributed by atoms with E-state index in [2.05, 4.69) is 46.4 Å². The molecule has 0 radical (unpaired) electrons. The molecule has 2 rings (SSSR count). The highest BCUT2D eigenvalue weighted by Crippen LogP contribution is 2.26. The average Bonchev–Trinajstić information content (AvgIpc) is 3.23. The summed E-state index contributed by atoms with van der Waals surface area (Å²) in [6, 6.07) is 7.15. The van der Waals surface area contributed by atoms with Gasteiger partial charge in [0.25, 0.3) is 0 Å². The lowest BCUT2D eigenvalue weighted by atomic mass is 9.98. The summed E-state index contributed by atoms with van der Waals surface area (Å²) in [7, 11) is 0. The van der Waals surface area contributed by atoms with Gasteiger partial charge in [-0.05, 0) is 75.3 Å². The number of hydrogen-bond acceptors (Lipinski definition) is 2. The Hall–Kier alpha value is -0.540. The monoisotopic (exact) mass is 339 g/mol. The summed E-state index contributed by atoms with van der Waals surface area (Å²) in [5, 5.41) is 3.59. The zero-order valence-corrected chi connectivity index (χ0v) is 14.2. The first-order valence-corrected chi connectivity index (χ1v) is 8.63. The second-order valence-electron chi connectivity index (χ2n) is 5.85. The van der Waals surface area contributed by atoms with Gasteiger partial charge in [0.2, 0.25) is 0 Å². The van der Waals surface area contributed by atoms with Gasteiger partial charge in [-0.15, -0.1) is 0 Å². The number of nitrogens with one attached hydrogen (secondary N) is 1. The largest absolute Gasteiger partial charge is 0.494 e. The maximum absolute atomic E-state index is 5.71. The topological polar surface area (TPSA) is 21.3 Å². The van der Waals surface area contributed by atoms with Crippen LogP contribution in [0.15, 0.2) is 22.7 Å². The molecule has 0 saturated heterocycles. The Morgan fingerprint density at radius 1 is 1.35 bits per heavy atom. The molecular formula is C17H26BrNO. The van der Waals surface area contributed by atoms with E-state index in [9.17, 15) is 0 Å². The summed E-state index contributed by atoms with van der Waals surface area (Å²) in [6.45, 7) is 6.29. The van der Waals surface area contributed by atoms with Crippen LogP contribution in [0.4, 0.5) is 0 Å². The fraction of sp³-hybridized carbons (Fsp3) is 0.647.